The van der Waals surface area contributed by atoms with E-state index in [-0.39, 0.29) is 5.97 Å². The highest BCUT2D eigenvalue weighted by Crippen LogP contribution is 2.11. The Morgan fingerprint density at radius 2 is 1.15 bits per heavy atom. The minimum absolute atomic E-state index is 0.0143. The number of hydrogen-bond acceptors (Lipinski definition) is 3. The number of esters is 1. The molecule has 0 saturated heterocycles. The smallest absolute Gasteiger partial charge is 0.305 e. The quantitative estimate of drug-likeness (QED) is 0.139. The lowest BCUT2D eigenvalue weighted by Crippen LogP contribution is -2.05. The molecule has 1 N–H and O–H groups in total. The van der Waals surface area contributed by atoms with Gasteiger partial charge in [0.05, 0.1) is 6.61 Å². The Morgan fingerprint density at radius 1 is 0.692 bits per heavy atom. The lowest BCUT2D eigenvalue weighted by atomic mass is 10.1. The van der Waals surface area contributed by atoms with Crippen LogP contribution in [0.25, 0.3) is 0 Å². The van der Waals surface area contributed by atoms with E-state index >= 15 is 0 Å². The Balaban J connectivity index is 3.14. The van der Waals surface area contributed by atoms with Crippen LogP contribution < -0.4 is 0 Å². The number of allylic oxidation sites excluding steroid dienone is 1. The third-order valence-electron chi connectivity index (χ3n) is 4.85. The monoisotopic (exact) mass is 368 g/mol. The molecular formula is C23H44O3. The molecule has 3 heteroatoms. The average molecular weight is 369 g/mol. The molecule has 0 aliphatic heterocycles. The van der Waals surface area contributed by atoms with Crippen molar-refractivity contribution in [3.05, 3.63) is 12.7 Å². The maximum Gasteiger partial charge on any atom is 0.305 e. The van der Waals surface area contributed by atoms with Gasteiger partial charge in [0.25, 0.3) is 0 Å². The molecule has 0 heterocycles. The fraction of sp³-hybridized carbons (Fsp3) is 0.870. The van der Waals surface area contributed by atoms with E-state index in [2.05, 4.69) is 6.58 Å². The standard InChI is InChI=1S/C23H44O3/c1-2-3-4-5-6-11-14-17-20-23(25)26-22-19-16-13-10-8-7-9-12-15-18-21-24/h2,24H,1,3-22H2. The number of carbonyl (C=O) groups is 1. The van der Waals surface area contributed by atoms with Gasteiger partial charge in [-0.1, -0.05) is 83.1 Å². The van der Waals surface area contributed by atoms with Gasteiger partial charge < -0.3 is 9.84 Å². The number of hydrogen-bond donors (Lipinski definition) is 1. The fourth-order valence-electron chi connectivity index (χ4n) is 3.15. The van der Waals surface area contributed by atoms with Gasteiger partial charge in [-0.05, 0) is 32.1 Å². The molecule has 0 saturated carbocycles. The zero-order valence-electron chi connectivity index (χ0n) is 17.2. The van der Waals surface area contributed by atoms with Gasteiger partial charge in [-0.3, -0.25) is 4.79 Å². The summed E-state index contributed by atoms with van der Waals surface area (Å²) >= 11 is 0. The molecule has 0 aliphatic carbocycles. The lowest BCUT2D eigenvalue weighted by molar-refractivity contribution is -0.143. The molecular weight excluding hydrogens is 324 g/mol. The van der Waals surface area contributed by atoms with Crippen LogP contribution >= 0.6 is 0 Å². The number of unbranched alkanes of at least 4 members (excludes halogenated alkanes) is 15. The summed E-state index contributed by atoms with van der Waals surface area (Å²) in [5, 5.41) is 8.71. The fourth-order valence-corrected chi connectivity index (χ4v) is 3.15. The summed E-state index contributed by atoms with van der Waals surface area (Å²) in [6, 6.07) is 0. The van der Waals surface area contributed by atoms with E-state index in [1.807, 2.05) is 6.08 Å². The van der Waals surface area contributed by atoms with Crippen molar-refractivity contribution in [1.29, 1.82) is 0 Å². The normalized spacial score (nSPS) is 10.8. The van der Waals surface area contributed by atoms with Gasteiger partial charge in [-0.15, -0.1) is 6.58 Å². The van der Waals surface area contributed by atoms with E-state index in [0.29, 0.717) is 19.6 Å². The lowest BCUT2D eigenvalue weighted by Gasteiger charge is -2.05. The van der Waals surface area contributed by atoms with Crippen LogP contribution in [-0.4, -0.2) is 24.3 Å². The van der Waals surface area contributed by atoms with E-state index in [1.165, 1.54) is 70.6 Å². The zero-order valence-corrected chi connectivity index (χ0v) is 17.2. The van der Waals surface area contributed by atoms with Crippen LogP contribution in [0.1, 0.15) is 116 Å². The molecule has 0 unspecified atom stereocenters. The van der Waals surface area contributed by atoms with Crippen LogP contribution in [-0.2, 0) is 9.53 Å². The highest BCUT2D eigenvalue weighted by atomic mass is 16.5. The molecule has 0 amide bonds. The number of aliphatic hydroxyl groups excluding tert-OH is 1. The molecule has 0 atom stereocenters. The topological polar surface area (TPSA) is 46.5 Å². The van der Waals surface area contributed by atoms with Crippen molar-refractivity contribution in [2.24, 2.45) is 0 Å². The molecule has 0 rings (SSSR count). The Kier molecular flexibility index (Phi) is 21.5. The van der Waals surface area contributed by atoms with Gasteiger partial charge in [0.1, 0.15) is 0 Å². The van der Waals surface area contributed by atoms with Crippen LogP contribution in [0.4, 0.5) is 0 Å². The summed E-state index contributed by atoms with van der Waals surface area (Å²) in [6.07, 6.45) is 22.8. The summed E-state index contributed by atoms with van der Waals surface area (Å²) in [4.78, 5) is 11.7. The van der Waals surface area contributed by atoms with E-state index in [9.17, 15) is 4.79 Å². The first-order chi connectivity index (χ1) is 12.8. The first-order valence-corrected chi connectivity index (χ1v) is 11.2. The van der Waals surface area contributed by atoms with E-state index < -0.39 is 0 Å². The van der Waals surface area contributed by atoms with Crippen LogP contribution in [0.2, 0.25) is 0 Å². The molecule has 0 fully saturated rings. The minimum Gasteiger partial charge on any atom is -0.466 e. The molecule has 0 spiro atoms. The molecule has 0 bridgehead atoms. The number of aliphatic hydroxyl groups is 1. The Hall–Kier alpha value is -0.830. The predicted octanol–water partition coefficient (Wildman–Crippen LogP) is 6.73. The van der Waals surface area contributed by atoms with Gasteiger partial charge in [0.2, 0.25) is 0 Å². The van der Waals surface area contributed by atoms with Gasteiger partial charge >= 0.3 is 5.97 Å². The molecule has 26 heavy (non-hydrogen) atoms. The molecule has 0 aromatic heterocycles. The van der Waals surface area contributed by atoms with Crippen LogP contribution in [0, 0.1) is 0 Å². The van der Waals surface area contributed by atoms with Crippen LogP contribution in [0.3, 0.4) is 0 Å². The number of rotatable bonds is 21. The van der Waals surface area contributed by atoms with E-state index in [1.54, 1.807) is 0 Å². The van der Waals surface area contributed by atoms with Crippen molar-refractivity contribution in [2.75, 3.05) is 13.2 Å². The molecule has 0 radical (unpaired) electrons. The zero-order chi connectivity index (χ0) is 19.1. The van der Waals surface area contributed by atoms with Crippen molar-refractivity contribution in [1.82, 2.24) is 0 Å². The van der Waals surface area contributed by atoms with Crippen molar-refractivity contribution in [3.63, 3.8) is 0 Å². The van der Waals surface area contributed by atoms with Gasteiger partial charge in [0.15, 0.2) is 0 Å². The first kappa shape index (κ1) is 25.2. The summed E-state index contributed by atoms with van der Waals surface area (Å²) < 4.78 is 5.31. The predicted molar refractivity (Wildman–Crippen MR) is 111 cm³/mol. The highest BCUT2D eigenvalue weighted by Gasteiger charge is 2.02. The summed E-state index contributed by atoms with van der Waals surface area (Å²) in [6.45, 7) is 4.67. The van der Waals surface area contributed by atoms with Crippen molar-refractivity contribution in [2.45, 2.75) is 116 Å². The van der Waals surface area contributed by atoms with Crippen molar-refractivity contribution >= 4 is 5.97 Å². The Bertz CT molecular complexity index is 302. The second kappa shape index (κ2) is 22.2. The second-order valence-electron chi connectivity index (χ2n) is 7.43. The highest BCUT2D eigenvalue weighted by molar-refractivity contribution is 5.69. The molecule has 0 aliphatic rings. The molecule has 0 aromatic carbocycles. The molecule has 0 aromatic rings. The van der Waals surface area contributed by atoms with Gasteiger partial charge in [0, 0.05) is 13.0 Å². The summed E-state index contributed by atoms with van der Waals surface area (Å²) in [5.41, 5.74) is 0. The SMILES string of the molecule is C=CCCCCCCCCC(=O)OCCCCCCCCCCCCO. The Labute approximate surface area is 162 Å². The van der Waals surface area contributed by atoms with E-state index in [4.69, 9.17) is 9.84 Å². The Morgan fingerprint density at radius 3 is 1.69 bits per heavy atom. The van der Waals surface area contributed by atoms with Crippen molar-refractivity contribution in [3.8, 4) is 0 Å². The largest absolute Gasteiger partial charge is 0.466 e. The van der Waals surface area contributed by atoms with Crippen LogP contribution in [0.15, 0.2) is 12.7 Å². The van der Waals surface area contributed by atoms with Crippen molar-refractivity contribution < 1.29 is 14.6 Å². The third-order valence-corrected chi connectivity index (χ3v) is 4.85. The van der Waals surface area contributed by atoms with Gasteiger partial charge in [-0.2, -0.15) is 0 Å². The van der Waals surface area contributed by atoms with Crippen LogP contribution in [0.5, 0.6) is 0 Å². The number of ether oxygens (including phenoxy) is 1. The minimum atomic E-state index is -0.0143. The summed E-state index contributed by atoms with van der Waals surface area (Å²) in [5.74, 6) is -0.0143. The average Bonchev–Trinajstić information content (AvgIpc) is 2.65. The second-order valence-corrected chi connectivity index (χ2v) is 7.43. The molecule has 3 nitrogen and oxygen atoms in total. The van der Waals surface area contributed by atoms with Gasteiger partial charge in [-0.25, -0.2) is 0 Å². The first-order valence-electron chi connectivity index (χ1n) is 11.2. The number of carbonyl (C=O) groups excluding carboxylic acids is 1. The summed E-state index contributed by atoms with van der Waals surface area (Å²) in [7, 11) is 0. The maximum absolute atomic E-state index is 11.7. The third kappa shape index (κ3) is 21.2. The van der Waals surface area contributed by atoms with E-state index in [0.717, 1.165) is 38.5 Å². The maximum atomic E-state index is 11.7. The molecule has 154 valence electrons.